The van der Waals surface area contributed by atoms with Crippen LogP contribution in [0.5, 0.6) is 0 Å². The molecule has 2 bridgehead atoms. The summed E-state index contributed by atoms with van der Waals surface area (Å²) in [5, 5.41) is 0. The lowest BCUT2D eigenvalue weighted by atomic mass is 9.92. The average Bonchev–Trinajstić information content (AvgIpc) is 2.23. The van der Waals surface area contributed by atoms with E-state index in [-0.39, 0.29) is 0 Å². The molecule has 2 heteroatoms. The Morgan fingerprint density at radius 2 is 1.54 bits per heavy atom. The Morgan fingerprint density at radius 3 is 1.92 bits per heavy atom. The maximum Gasteiger partial charge on any atom is 0.0130 e. The molecule has 0 radical (unpaired) electrons. The zero-order chi connectivity index (χ0) is 9.64. The van der Waals surface area contributed by atoms with Gasteiger partial charge in [0, 0.05) is 23.7 Å². The van der Waals surface area contributed by atoms with Crippen molar-refractivity contribution < 1.29 is 0 Å². The highest BCUT2D eigenvalue weighted by Crippen LogP contribution is 2.39. The summed E-state index contributed by atoms with van der Waals surface area (Å²) >= 11 is 0. The first-order chi connectivity index (χ1) is 5.98. The summed E-state index contributed by atoms with van der Waals surface area (Å²) in [5.74, 6) is 0. The number of fused-ring (bicyclic) bond motifs is 2. The van der Waals surface area contributed by atoms with Gasteiger partial charge in [-0.05, 0) is 46.5 Å². The van der Waals surface area contributed by atoms with Crippen molar-refractivity contribution in [3.05, 3.63) is 0 Å². The number of nitrogens with zero attached hydrogens (tertiary/aromatic N) is 1. The van der Waals surface area contributed by atoms with E-state index in [2.05, 4.69) is 25.7 Å². The van der Waals surface area contributed by atoms with Crippen LogP contribution in [0.1, 0.15) is 46.5 Å². The molecule has 0 aromatic carbocycles. The topological polar surface area (TPSA) is 29.3 Å². The molecule has 2 heterocycles. The van der Waals surface area contributed by atoms with E-state index in [0.29, 0.717) is 11.6 Å². The summed E-state index contributed by atoms with van der Waals surface area (Å²) in [6.07, 6.45) is 5.17. The second-order valence-corrected chi connectivity index (χ2v) is 5.69. The van der Waals surface area contributed by atoms with E-state index in [9.17, 15) is 0 Å². The van der Waals surface area contributed by atoms with Crippen LogP contribution in [-0.4, -0.2) is 28.6 Å². The molecule has 2 aliphatic heterocycles. The van der Waals surface area contributed by atoms with Crippen LogP contribution in [-0.2, 0) is 0 Å². The lowest BCUT2D eigenvalue weighted by Crippen LogP contribution is -2.55. The van der Waals surface area contributed by atoms with Crippen molar-refractivity contribution >= 4 is 0 Å². The summed E-state index contributed by atoms with van der Waals surface area (Å²) < 4.78 is 0. The van der Waals surface area contributed by atoms with Crippen LogP contribution < -0.4 is 5.73 Å². The molecule has 2 saturated heterocycles. The van der Waals surface area contributed by atoms with Gasteiger partial charge in [0.15, 0.2) is 0 Å². The summed E-state index contributed by atoms with van der Waals surface area (Å²) in [6.45, 7) is 6.99. The number of hydrogen-bond acceptors (Lipinski definition) is 2. The zero-order valence-electron chi connectivity index (χ0n) is 9.09. The van der Waals surface area contributed by atoms with Crippen molar-refractivity contribution in [1.82, 2.24) is 4.90 Å². The van der Waals surface area contributed by atoms with E-state index in [0.717, 1.165) is 12.1 Å². The molecule has 0 amide bonds. The van der Waals surface area contributed by atoms with Crippen molar-refractivity contribution in [2.24, 2.45) is 5.73 Å². The summed E-state index contributed by atoms with van der Waals surface area (Å²) in [6, 6.07) is 2.01. The van der Waals surface area contributed by atoms with Crippen molar-refractivity contribution in [2.75, 3.05) is 0 Å². The van der Waals surface area contributed by atoms with Crippen LogP contribution in [0, 0.1) is 0 Å². The van der Waals surface area contributed by atoms with E-state index in [1.54, 1.807) is 0 Å². The van der Waals surface area contributed by atoms with Gasteiger partial charge in [-0.1, -0.05) is 0 Å². The standard InChI is InChI=1S/C11H22N2/c1-11(2,3)13-9-4-5-10(13)7-8(12)6-9/h8-10H,4-7,12H2,1-3H3/t9-,10-/m0/s1. The highest BCUT2D eigenvalue weighted by Gasteiger charge is 2.44. The lowest BCUT2D eigenvalue weighted by molar-refractivity contribution is 0.0370. The van der Waals surface area contributed by atoms with Crippen LogP contribution in [0.2, 0.25) is 0 Å². The fraction of sp³-hybridized carbons (Fsp3) is 1.00. The average molecular weight is 182 g/mol. The molecule has 0 spiro atoms. The predicted molar refractivity (Wildman–Crippen MR) is 55.6 cm³/mol. The molecule has 2 N–H and O–H groups in total. The lowest BCUT2D eigenvalue weighted by Gasteiger charge is -2.46. The number of hydrogen-bond donors (Lipinski definition) is 1. The Bertz CT molecular complexity index is 181. The van der Waals surface area contributed by atoms with Crippen molar-refractivity contribution in [3.8, 4) is 0 Å². The molecule has 0 unspecified atom stereocenters. The third kappa shape index (κ3) is 1.62. The number of rotatable bonds is 0. The molecule has 2 fully saturated rings. The molecular formula is C11H22N2. The Balaban J connectivity index is 2.15. The monoisotopic (exact) mass is 182 g/mol. The number of piperidine rings is 1. The summed E-state index contributed by atoms with van der Waals surface area (Å²) in [4.78, 5) is 2.70. The van der Waals surface area contributed by atoms with Crippen LogP contribution in [0.25, 0.3) is 0 Å². The molecule has 2 nitrogen and oxygen atoms in total. The maximum absolute atomic E-state index is 6.03. The predicted octanol–water partition coefficient (Wildman–Crippen LogP) is 1.74. The van der Waals surface area contributed by atoms with Crippen LogP contribution in [0.4, 0.5) is 0 Å². The fourth-order valence-corrected chi connectivity index (χ4v) is 3.31. The largest absolute Gasteiger partial charge is 0.328 e. The summed E-state index contributed by atoms with van der Waals surface area (Å²) in [5.41, 5.74) is 6.37. The first kappa shape index (κ1) is 9.47. The summed E-state index contributed by atoms with van der Waals surface area (Å²) in [7, 11) is 0. The van der Waals surface area contributed by atoms with Gasteiger partial charge in [0.2, 0.25) is 0 Å². The van der Waals surface area contributed by atoms with Gasteiger partial charge in [0.25, 0.3) is 0 Å². The molecule has 13 heavy (non-hydrogen) atoms. The quantitative estimate of drug-likeness (QED) is 0.618. The van der Waals surface area contributed by atoms with Gasteiger partial charge in [-0.3, -0.25) is 4.90 Å². The molecule has 0 aliphatic carbocycles. The minimum absolute atomic E-state index is 0.339. The van der Waals surface area contributed by atoms with Crippen LogP contribution in [0.3, 0.4) is 0 Å². The molecule has 0 aromatic rings. The normalized spacial score (nSPS) is 41.1. The Hall–Kier alpha value is -0.0800. The second-order valence-electron chi connectivity index (χ2n) is 5.69. The van der Waals surface area contributed by atoms with Crippen molar-refractivity contribution in [3.63, 3.8) is 0 Å². The Morgan fingerprint density at radius 1 is 1.08 bits per heavy atom. The minimum atomic E-state index is 0.339. The molecular weight excluding hydrogens is 160 g/mol. The van der Waals surface area contributed by atoms with E-state index in [1.807, 2.05) is 0 Å². The molecule has 0 aromatic heterocycles. The molecule has 2 rings (SSSR count). The van der Waals surface area contributed by atoms with Crippen molar-refractivity contribution in [1.29, 1.82) is 0 Å². The van der Waals surface area contributed by atoms with E-state index in [4.69, 9.17) is 5.73 Å². The van der Waals surface area contributed by atoms with Gasteiger partial charge in [-0.15, -0.1) is 0 Å². The van der Waals surface area contributed by atoms with Gasteiger partial charge in [-0.2, -0.15) is 0 Å². The highest BCUT2D eigenvalue weighted by molar-refractivity contribution is 5.00. The van der Waals surface area contributed by atoms with E-state index in [1.165, 1.54) is 25.7 Å². The smallest absolute Gasteiger partial charge is 0.0130 e. The van der Waals surface area contributed by atoms with E-state index >= 15 is 0 Å². The van der Waals surface area contributed by atoms with Gasteiger partial charge >= 0.3 is 0 Å². The third-order valence-corrected chi connectivity index (χ3v) is 3.54. The first-order valence-corrected chi connectivity index (χ1v) is 5.52. The fourth-order valence-electron chi connectivity index (χ4n) is 3.31. The molecule has 76 valence electrons. The molecule has 2 aliphatic rings. The van der Waals surface area contributed by atoms with Crippen LogP contribution in [0.15, 0.2) is 0 Å². The third-order valence-electron chi connectivity index (χ3n) is 3.54. The maximum atomic E-state index is 6.03. The van der Waals surface area contributed by atoms with Gasteiger partial charge < -0.3 is 5.73 Å². The highest BCUT2D eigenvalue weighted by atomic mass is 15.3. The zero-order valence-corrected chi connectivity index (χ0v) is 9.09. The van der Waals surface area contributed by atoms with Gasteiger partial charge in [-0.25, -0.2) is 0 Å². The second kappa shape index (κ2) is 2.96. The first-order valence-electron chi connectivity index (χ1n) is 5.52. The van der Waals surface area contributed by atoms with Gasteiger partial charge in [0.05, 0.1) is 0 Å². The Kier molecular flexibility index (Phi) is 2.16. The SMILES string of the molecule is CC(C)(C)N1[C@H]2CC[C@H]1CC(N)C2. The minimum Gasteiger partial charge on any atom is -0.328 e. The molecule has 2 atom stereocenters. The number of nitrogens with two attached hydrogens (primary N) is 1. The van der Waals surface area contributed by atoms with E-state index < -0.39 is 0 Å². The van der Waals surface area contributed by atoms with Crippen molar-refractivity contribution in [2.45, 2.75) is 70.1 Å². The van der Waals surface area contributed by atoms with Gasteiger partial charge in [0.1, 0.15) is 0 Å². The van der Waals surface area contributed by atoms with Crippen LogP contribution >= 0.6 is 0 Å². The Labute approximate surface area is 81.5 Å². The molecule has 0 saturated carbocycles.